The molecule has 7 heteroatoms. The second-order valence-electron chi connectivity index (χ2n) is 6.57. The third kappa shape index (κ3) is 3.10. The molecule has 1 atom stereocenters. The quantitative estimate of drug-likeness (QED) is 0.722. The number of hydrogen-bond donors (Lipinski definition) is 0. The summed E-state index contributed by atoms with van der Waals surface area (Å²) in [5.41, 5.74) is 3.05. The van der Waals surface area contributed by atoms with Gasteiger partial charge in [0.05, 0.1) is 21.7 Å². The zero-order valence-corrected chi connectivity index (χ0v) is 16.4. The van der Waals surface area contributed by atoms with E-state index in [4.69, 9.17) is 32.7 Å². The van der Waals surface area contributed by atoms with Gasteiger partial charge in [-0.2, -0.15) is 0 Å². The van der Waals surface area contributed by atoms with E-state index < -0.39 is 17.9 Å². The van der Waals surface area contributed by atoms with Crippen molar-refractivity contribution in [1.29, 1.82) is 0 Å². The van der Waals surface area contributed by atoms with E-state index in [1.165, 1.54) is 0 Å². The molecule has 0 fully saturated rings. The van der Waals surface area contributed by atoms with Gasteiger partial charge in [-0.25, -0.2) is 9.59 Å². The molecule has 1 aromatic carbocycles. The minimum absolute atomic E-state index is 0.120. The van der Waals surface area contributed by atoms with Crippen molar-refractivity contribution in [3.8, 4) is 0 Å². The Balaban J connectivity index is 2.19. The van der Waals surface area contributed by atoms with Crippen LogP contribution >= 0.6 is 23.2 Å². The van der Waals surface area contributed by atoms with E-state index in [1.54, 1.807) is 50.9 Å². The lowest BCUT2D eigenvalue weighted by Gasteiger charge is -2.33. The molecule has 0 amide bonds. The molecule has 5 nitrogen and oxygen atoms in total. The van der Waals surface area contributed by atoms with Crippen LogP contribution in [0.4, 0.5) is 0 Å². The summed E-state index contributed by atoms with van der Waals surface area (Å²) in [6.07, 6.45) is -0.264. The highest BCUT2D eigenvalue weighted by Crippen LogP contribution is 2.45. The number of likely N-dealkylation sites (N-methyl/N-ethyl adjacent to an activating group) is 1. The van der Waals surface area contributed by atoms with E-state index in [9.17, 15) is 9.59 Å². The van der Waals surface area contributed by atoms with Crippen molar-refractivity contribution in [2.75, 3.05) is 13.7 Å². The first-order valence-corrected chi connectivity index (χ1v) is 8.98. The largest absolute Gasteiger partial charge is 0.460 e. The Kier molecular flexibility index (Phi) is 5.04. The average molecular weight is 396 g/mol. The molecule has 1 unspecified atom stereocenters. The smallest absolute Gasteiger partial charge is 0.355 e. The standard InChI is InChI=1S/C19H19Cl2NO4/c1-9(2)26-18(23)15-10(3)22(4)17-12(8-25-19(17)24)16(15)11-5-6-13(20)14(21)7-11/h5-7,9,16H,8H2,1-4H3. The fourth-order valence-electron chi connectivity index (χ4n) is 3.32. The summed E-state index contributed by atoms with van der Waals surface area (Å²) in [6.45, 7) is 5.49. The Labute approximate surface area is 162 Å². The summed E-state index contributed by atoms with van der Waals surface area (Å²) >= 11 is 12.2. The summed E-state index contributed by atoms with van der Waals surface area (Å²) in [6, 6.07) is 5.19. The Bertz CT molecular complexity index is 857. The fraction of sp³-hybridized carbons (Fsp3) is 0.368. The summed E-state index contributed by atoms with van der Waals surface area (Å²) in [5, 5.41) is 0.799. The first-order valence-electron chi connectivity index (χ1n) is 8.23. The van der Waals surface area contributed by atoms with Crippen LogP contribution in [0.25, 0.3) is 0 Å². The molecular formula is C19H19Cl2NO4. The van der Waals surface area contributed by atoms with Crippen LogP contribution in [0.2, 0.25) is 10.0 Å². The van der Waals surface area contributed by atoms with Crippen LogP contribution < -0.4 is 0 Å². The number of halogens is 2. The summed E-state index contributed by atoms with van der Waals surface area (Å²) in [4.78, 5) is 26.8. The van der Waals surface area contributed by atoms with E-state index in [0.29, 0.717) is 27.0 Å². The van der Waals surface area contributed by atoms with Crippen molar-refractivity contribution in [3.63, 3.8) is 0 Å². The highest BCUT2D eigenvalue weighted by atomic mass is 35.5. The maximum absolute atomic E-state index is 12.9. The van der Waals surface area contributed by atoms with Crippen LogP contribution in [0.5, 0.6) is 0 Å². The third-order valence-electron chi connectivity index (χ3n) is 4.56. The van der Waals surface area contributed by atoms with Gasteiger partial charge in [-0.3, -0.25) is 0 Å². The zero-order chi connectivity index (χ0) is 19.2. The van der Waals surface area contributed by atoms with Crippen LogP contribution in [-0.2, 0) is 19.1 Å². The molecule has 138 valence electrons. The number of esters is 2. The van der Waals surface area contributed by atoms with Gasteiger partial charge < -0.3 is 14.4 Å². The number of hydrogen-bond acceptors (Lipinski definition) is 5. The first-order chi connectivity index (χ1) is 12.2. The van der Waals surface area contributed by atoms with E-state index in [0.717, 1.165) is 11.1 Å². The lowest BCUT2D eigenvalue weighted by molar-refractivity contribution is -0.143. The highest BCUT2D eigenvalue weighted by Gasteiger charge is 2.43. The van der Waals surface area contributed by atoms with Gasteiger partial charge in [-0.1, -0.05) is 29.3 Å². The number of carbonyl (C=O) groups is 2. The van der Waals surface area contributed by atoms with Crippen LogP contribution in [-0.4, -0.2) is 36.6 Å². The topological polar surface area (TPSA) is 55.8 Å². The molecule has 0 aliphatic carbocycles. The number of allylic oxidation sites excluding steroid dienone is 1. The van der Waals surface area contributed by atoms with Crippen LogP contribution in [0, 0.1) is 0 Å². The van der Waals surface area contributed by atoms with Crippen LogP contribution in [0.1, 0.15) is 32.3 Å². The van der Waals surface area contributed by atoms with E-state index in [2.05, 4.69) is 0 Å². The molecule has 26 heavy (non-hydrogen) atoms. The minimum atomic E-state index is -0.478. The van der Waals surface area contributed by atoms with Crippen molar-refractivity contribution >= 4 is 35.1 Å². The number of rotatable bonds is 3. The fourth-order valence-corrected chi connectivity index (χ4v) is 3.62. The predicted molar refractivity (Wildman–Crippen MR) is 98.9 cm³/mol. The van der Waals surface area contributed by atoms with Gasteiger partial charge in [0.2, 0.25) is 0 Å². The van der Waals surface area contributed by atoms with Gasteiger partial charge in [0.1, 0.15) is 12.3 Å². The molecular weight excluding hydrogens is 377 g/mol. The summed E-state index contributed by atoms with van der Waals surface area (Å²) < 4.78 is 10.7. The first kappa shape index (κ1) is 18.8. The maximum atomic E-state index is 12.9. The number of ether oxygens (including phenoxy) is 2. The number of benzene rings is 1. The second kappa shape index (κ2) is 6.97. The third-order valence-corrected chi connectivity index (χ3v) is 5.30. The number of carbonyl (C=O) groups excluding carboxylic acids is 2. The van der Waals surface area contributed by atoms with Crippen molar-refractivity contribution in [1.82, 2.24) is 4.90 Å². The molecule has 2 heterocycles. The summed E-state index contributed by atoms with van der Waals surface area (Å²) in [7, 11) is 1.74. The van der Waals surface area contributed by atoms with Gasteiger partial charge in [0.25, 0.3) is 0 Å². The van der Waals surface area contributed by atoms with Crippen molar-refractivity contribution in [2.24, 2.45) is 0 Å². The molecule has 0 radical (unpaired) electrons. The molecule has 0 aromatic heterocycles. The van der Waals surface area contributed by atoms with Crippen molar-refractivity contribution in [3.05, 3.63) is 56.3 Å². The van der Waals surface area contributed by atoms with E-state index in [1.807, 2.05) is 0 Å². The van der Waals surface area contributed by atoms with E-state index in [-0.39, 0.29) is 12.7 Å². The Hall–Kier alpha value is -1.98. The molecule has 0 N–H and O–H groups in total. The normalized spacial score (nSPS) is 19.9. The summed E-state index contributed by atoms with van der Waals surface area (Å²) in [5.74, 6) is -1.30. The number of nitrogens with zero attached hydrogens (tertiary/aromatic N) is 1. The van der Waals surface area contributed by atoms with Gasteiger partial charge in [0.15, 0.2) is 0 Å². The van der Waals surface area contributed by atoms with Crippen LogP contribution in [0.15, 0.2) is 40.7 Å². The molecule has 0 saturated heterocycles. The average Bonchev–Trinajstić information content (AvgIpc) is 2.94. The molecule has 2 aliphatic rings. The highest BCUT2D eigenvalue weighted by molar-refractivity contribution is 6.42. The molecule has 2 aliphatic heterocycles. The molecule has 0 bridgehead atoms. The minimum Gasteiger partial charge on any atom is -0.460 e. The van der Waals surface area contributed by atoms with Crippen molar-refractivity contribution in [2.45, 2.75) is 32.8 Å². The lowest BCUT2D eigenvalue weighted by Crippen LogP contribution is -2.32. The van der Waals surface area contributed by atoms with Gasteiger partial charge in [0, 0.05) is 24.2 Å². The Morgan fingerprint density at radius 1 is 1.31 bits per heavy atom. The molecule has 0 saturated carbocycles. The monoisotopic (exact) mass is 395 g/mol. The maximum Gasteiger partial charge on any atom is 0.355 e. The molecule has 1 aromatic rings. The SMILES string of the molecule is CC1=C(C(=O)OC(C)C)C(c2ccc(Cl)c(Cl)c2)C2=C(C(=O)OC2)N1C. The second-order valence-corrected chi connectivity index (χ2v) is 7.38. The van der Waals surface area contributed by atoms with Gasteiger partial charge in [-0.15, -0.1) is 0 Å². The van der Waals surface area contributed by atoms with Gasteiger partial charge in [-0.05, 0) is 38.5 Å². The van der Waals surface area contributed by atoms with Crippen LogP contribution in [0.3, 0.4) is 0 Å². The lowest BCUT2D eigenvalue weighted by atomic mass is 9.80. The Morgan fingerprint density at radius 3 is 2.62 bits per heavy atom. The zero-order valence-electron chi connectivity index (χ0n) is 14.9. The predicted octanol–water partition coefficient (Wildman–Crippen LogP) is 4.06. The molecule has 0 spiro atoms. The Morgan fingerprint density at radius 2 is 2.00 bits per heavy atom. The number of cyclic esters (lactones) is 1. The molecule has 3 rings (SSSR count). The van der Waals surface area contributed by atoms with Gasteiger partial charge >= 0.3 is 11.9 Å². The van der Waals surface area contributed by atoms with E-state index >= 15 is 0 Å². The van der Waals surface area contributed by atoms with Crippen molar-refractivity contribution < 1.29 is 19.1 Å².